The summed E-state index contributed by atoms with van der Waals surface area (Å²) in [5.74, 6) is -1.22. The molecule has 6 heteroatoms. The fraction of sp³-hybridized carbons (Fsp3) is 0.200. The third-order valence-electron chi connectivity index (χ3n) is 5.48. The molecule has 0 spiro atoms. The molecular weight excluding hydrogens is 414 g/mol. The number of carboxylic acids is 1. The summed E-state index contributed by atoms with van der Waals surface area (Å²) in [7, 11) is 0. The van der Waals surface area contributed by atoms with Crippen LogP contribution in [0.2, 0.25) is 5.02 Å². The molecule has 1 aliphatic rings. The second-order valence-electron chi connectivity index (χ2n) is 7.70. The lowest BCUT2D eigenvalue weighted by Gasteiger charge is -2.18. The normalized spacial score (nSPS) is 13.2. The quantitative estimate of drug-likeness (QED) is 0.559. The zero-order chi connectivity index (χ0) is 22.0. The first-order valence-corrected chi connectivity index (χ1v) is 10.4. The zero-order valence-corrected chi connectivity index (χ0v) is 17.7. The highest BCUT2D eigenvalue weighted by atomic mass is 35.5. The molecule has 158 valence electrons. The molecule has 0 unspecified atom stereocenters. The molecule has 3 aromatic carbocycles. The Morgan fingerprint density at radius 2 is 1.65 bits per heavy atom. The Morgan fingerprint density at radius 3 is 2.23 bits per heavy atom. The van der Waals surface area contributed by atoms with Gasteiger partial charge in [0.2, 0.25) is 0 Å². The highest BCUT2D eigenvalue weighted by Gasteiger charge is 2.29. The summed E-state index contributed by atoms with van der Waals surface area (Å²) < 4.78 is 5.47. The molecule has 1 atom stereocenters. The van der Waals surface area contributed by atoms with Crippen molar-refractivity contribution < 1.29 is 19.4 Å². The maximum absolute atomic E-state index is 12.4. The second-order valence-corrected chi connectivity index (χ2v) is 8.14. The van der Waals surface area contributed by atoms with Gasteiger partial charge in [-0.3, -0.25) is 0 Å². The SMILES string of the molecule is Cc1cc(Cl)cc(C[C@H](NC(=O)OCC2c3ccccc3-c3ccccc32)C(=O)O)c1. The van der Waals surface area contributed by atoms with Gasteiger partial charge in [-0.2, -0.15) is 0 Å². The lowest BCUT2D eigenvalue weighted by atomic mass is 9.98. The van der Waals surface area contributed by atoms with Gasteiger partial charge in [-0.15, -0.1) is 0 Å². The molecule has 5 nitrogen and oxygen atoms in total. The molecule has 0 heterocycles. The smallest absolute Gasteiger partial charge is 0.407 e. The van der Waals surface area contributed by atoms with Gasteiger partial charge in [-0.1, -0.05) is 66.2 Å². The van der Waals surface area contributed by atoms with Crippen LogP contribution in [0.25, 0.3) is 11.1 Å². The summed E-state index contributed by atoms with van der Waals surface area (Å²) in [5.41, 5.74) is 6.11. The first kappa shape index (κ1) is 20.9. The van der Waals surface area contributed by atoms with Crippen LogP contribution in [0.4, 0.5) is 4.79 Å². The lowest BCUT2D eigenvalue weighted by molar-refractivity contribution is -0.139. The van der Waals surface area contributed by atoms with Gasteiger partial charge in [0.05, 0.1) is 0 Å². The molecule has 0 aromatic heterocycles. The van der Waals surface area contributed by atoms with E-state index in [2.05, 4.69) is 17.4 Å². The molecule has 31 heavy (non-hydrogen) atoms. The van der Waals surface area contributed by atoms with Gasteiger partial charge in [-0.05, 0) is 52.4 Å². The van der Waals surface area contributed by atoms with Crippen molar-refractivity contribution >= 4 is 23.7 Å². The van der Waals surface area contributed by atoms with Crippen molar-refractivity contribution in [1.29, 1.82) is 0 Å². The summed E-state index contributed by atoms with van der Waals surface area (Å²) in [6.07, 6.45) is -0.644. The molecule has 1 aliphatic carbocycles. The molecule has 1 amide bonds. The maximum Gasteiger partial charge on any atom is 0.407 e. The molecule has 0 saturated heterocycles. The van der Waals surface area contributed by atoms with E-state index >= 15 is 0 Å². The Morgan fingerprint density at radius 1 is 1.03 bits per heavy atom. The summed E-state index contributed by atoms with van der Waals surface area (Å²) in [4.78, 5) is 24.1. The van der Waals surface area contributed by atoms with Crippen LogP contribution in [0, 0.1) is 6.92 Å². The standard InChI is InChI=1S/C25H22ClNO4/c1-15-10-16(12-17(26)11-15)13-23(24(28)29)27-25(30)31-14-22-20-8-4-2-6-18(20)19-7-3-5-9-21(19)22/h2-12,22-23H,13-14H2,1H3,(H,27,30)(H,28,29)/t23-/m0/s1. The van der Waals surface area contributed by atoms with E-state index in [-0.39, 0.29) is 18.9 Å². The topological polar surface area (TPSA) is 75.6 Å². The van der Waals surface area contributed by atoms with Crippen LogP contribution in [-0.2, 0) is 16.0 Å². The molecule has 0 radical (unpaired) electrons. The highest BCUT2D eigenvalue weighted by Crippen LogP contribution is 2.44. The highest BCUT2D eigenvalue weighted by molar-refractivity contribution is 6.30. The Balaban J connectivity index is 1.44. The first-order valence-electron chi connectivity index (χ1n) is 10.0. The van der Waals surface area contributed by atoms with Crippen LogP contribution in [0.15, 0.2) is 66.7 Å². The van der Waals surface area contributed by atoms with Gasteiger partial charge in [0, 0.05) is 17.4 Å². The van der Waals surface area contributed by atoms with E-state index in [9.17, 15) is 14.7 Å². The number of halogens is 1. The Kier molecular flexibility index (Phi) is 5.96. The minimum Gasteiger partial charge on any atom is -0.480 e. The van der Waals surface area contributed by atoms with Crippen molar-refractivity contribution in [2.24, 2.45) is 0 Å². The number of rotatable bonds is 6. The summed E-state index contributed by atoms with van der Waals surface area (Å²) in [6, 6.07) is 20.3. The predicted molar refractivity (Wildman–Crippen MR) is 120 cm³/mol. The Bertz CT molecular complexity index is 1080. The number of hydrogen-bond acceptors (Lipinski definition) is 3. The summed E-state index contributed by atoms with van der Waals surface area (Å²) >= 11 is 6.06. The van der Waals surface area contributed by atoms with E-state index in [1.54, 1.807) is 12.1 Å². The number of amides is 1. The van der Waals surface area contributed by atoms with Crippen LogP contribution in [0.3, 0.4) is 0 Å². The lowest BCUT2D eigenvalue weighted by Crippen LogP contribution is -2.42. The number of aliphatic carboxylic acids is 1. The second kappa shape index (κ2) is 8.82. The number of fused-ring (bicyclic) bond motifs is 3. The van der Waals surface area contributed by atoms with E-state index < -0.39 is 18.1 Å². The molecule has 0 saturated carbocycles. The third kappa shape index (κ3) is 4.57. The largest absolute Gasteiger partial charge is 0.480 e. The van der Waals surface area contributed by atoms with Crippen LogP contribution in [0.1, 0.15) is 28.2 Å². The van der Waals surface area contributed by atoms with Crippen molar-refractivity contribution in [1.82, 2.24) is 5.32 Å². The number of nitrogens with one attached hydrogen (secondary N) is 1. The van der Waals surface area contributed by atoms with Crippen molar-refractivity contribution in [3.05, 3.63) is 94.0 Å². The number of alkyl carbamates (subject to hydrolysis) is 1. The third-order valence-corrected chi connectivity index (χ3v) is 5.69. The average molecular weight is 436 g/mol. The zero-order valence-electron chi connectivity index (χ0n) is 17.0. The van der Waals surface area contributed by atoms with Gasteiger partial charge in [0.15, 0.2) is 0 Å². The number of carboxylic acid groups (broad SMARTS) is 1. The minimum absolute atomic E-state index is 0.0861. The maximum atomic E-state index is 12.4. The monoisotopic (exact) mass is 435 g/mol. The van der Waals surface area contributed by atoms with Gasteiger partial charge in [0.1, 0.15) is 12.6 Å². The number of benzene rings is 3. The number of carbonyl (C=O) groups excluding carboxylic acids is 1. The molecule has 3 aromatic rings. The van der Waals surface area contributed by atoms with E-state index in [0.717, 1.165) is 33.4 Å². The van der Waals surface area contributed by atoms with Gasteiger partial charge < -0.3 is 15.2 Å². The van der Waals surface area contributed by atoms with E-state index in [0.29, 0.717) is 5.02 Å². The molecule has 0 aliphatic heterocycles. The average Bonchev–Trinajstić information content (AvgIpc) is 3.05. The van der Waals surface area contributed by atoms with Crippen LogP contribution >= 0.6 is 11.6 Å². The molecular formula is C25H22ClNO4. The van der Waals surface area contributed by atoms with E-state index in [1.807, 2.05) is 49.4 Å². The molecule has 2 N–H and O–H groups in total. The fourth-order valence-corrected chi connectivity index (χ4v) is 4.46. The van der Waals surface area contributed by atoms with Crippen LogP contribution < -0.4 is 5.32 Å². The number of carbonyl (C=O) groups is 2. The van der Waals surface area contributed by atoms with Crippen LogP contribution in [-0.4, -0.2) is 29.8 Å². The van der Waals surface area contributed by atoms with E-state index in [4.69, 9.17) is 16.3 Å². The van der Waals surface area contributed by atoms with Crippen molar-refractivity contribution in [2.45, 2.75) is 25.3 Å². The fourth-order valence-electron chi connectivity index (χ4n) is 4.15. The summed E-state index contributed by atoms with van der Waals surface area (Å²) in [6.45, 7) is 2.01. The van der Waals surface area contributed by atoms with Crippen LogP contribution in [0.5, 0.6) is 0 Å². The molecule has 4 rings (SSSR count). The van der Waals surface area contributed by atoms with Crippen molar-refractivity contribution in [3.8, 4) is 11.1 Å². The Labute approximate surface area is 185 Å². The van der Waals surface area contributed by atoms with Gasteiger partial charge in [-0.25, -0.2) is 9.59 Å². The number of hydrogen-bond donors (Lipinski definition) is 2. The molecule has 0 fully saturated rings. The Hall–Kier alpha value is -3.31. The number of ether oxygens (including phenoxy) is 1. The van der Waals surface area contributed by atoms with Crippen molar-refractivity contribution in [2.75, 3.05) is 6.61 Å². The van der Waals surface area contributed by atoms with Gasteiger partial charge in [0.25, 0.3) is 0 Å². The first-order chi connectivity index (χ1) is 14.9. The predicted octanol–water partition coefficient (Wildman–Crippen LogP) is 5.18. The molecule has 0 bridgehead atoms. The summed E-state index contributed by atoms with van der Waals surface area (Å²) in [5, 5.41) is 12.6. The minimum atomic E-state index is -1.13. The van der Waals surface area contributed by atoms with E-state index in [1.165, 1.54) is 0 Å². The van der Waals surface area contributed by atoms with Gasteiger partial charge >= 0.3 is 12.1 Å². The number of aryl methyl sites for hydroxylation is 1. The van der Waals surface area contributed by atoms with Crippen molar-refractivity contribution in [3.63, 3.8) is 0 Å².